The van der Waals surface area contributed by atoms with Crippen molar-refractivity contribution >= 4 is 23.3 Å². The summed E-state index contributed by atoms with van der Waals surface area (Å²) in [5.41, 5.74) is 1.26. The Morgan fingerprint density at radius 2 is 1.93 bits per heavy atom. The molecule has 2 heterocycles. The lowest BCUT2D eigenvalue weighted by Gasteiger charge is -2.44. The highest BCUT2D eigenvalue weighted by molar-refractivity contribution is 6.33. The molecule has 1 saturated carbocycles. The van der Waals surface area contributed by atoms with Gasteiger partial charge in [-0.2, -0.15) is 0 Å². The van der Waals surface area contributed by atoms with Crippen molar-refractivity contribution in [3.8, 4) is 5.75 Å². The van der Waals surface area contributed by atoms with Crippen LogP contribution in [0.25, 0.3) is 0 Å². The van der Waals surface area contributed by atoms with Gasteiger partial charge in [0.25, 0.3) is 5.97 Å². The molecule has 150 valence electrons. The van der Waals surface area contributed by atoms with Crippen LogP contribution in [-0.4, -0.2) is 42.5 Å². The molecule has 2 aliphatic heterocycles. The Morgan fingerprint density at radius 1 is 1.22 bits per heavy atom. The molecular weight excluding hydrogens is 366 g/mol. The Hall–Kier alpha value is -1.46. The lowest BCUT2D eigenvalue weighted by molar-refractivity contribution is -0.134. The number of hydrogen-bond acceptors (Lipinski definition) is 4. The third kappa shape index (κ3) is 5.52. The van der Waals surface area contributed by atoms with E-state index in [0.29, 0.717) is 6.10 Å². The molecule has 3 aliphatic rings. The third-order valence-corrected chi connectivity index (χ3v) is 6.04. The van der Waals surface area contributed by atoms with Crippen LogP contribution in [-0.2, 0) is 9.53 Å². The Morgan fingerprint density at radius 3 is 2.48 bits per heavy atom. The van der Waals surface area contributed by atoms with Crippen LogP contribution >= 0.6 is 11.6 Å². The summed E-state index contributed by atoms with van der Waals surface area (Å²) in [6.45, 7) is 4.06. The number of aliphatic carboxylic acids is 1. The summed E-state index contributed by atoms with van der Waals surface area (Å²) >= 11 is 6.46. The van der Waals surface area contributed by atoms with Gasteiger partial charge in [-0.3, -0.25) is 4.79 Å². The smallest absolute Gasteiger partial charge is 0.300 e. The molecule has 27 heavy (non-hydrogen) atoms. The molecule has 0 unspecified atom stereocenters. The topological polar surface area (TPSA) is 59.0 Å². The average Bonchev–Trinajstić information content (AvgIpc) is 2.61. The van der Waals surface area contributed by atoms with Gasteiger partial charge in [-0.25, -0.2) is 0 Å². The molecule has 5 nitrogen and oxygen atoms in total. The van der Waals surface area contributed by atoms with Gasteiger partial charge in [0.1, 0.15) is 5.75 Å². The minimum Gasteiger partial charge on any atom is -0.490 e. The summed E-state index contributed by atoms with van der Waals surface area (Å²) in [6.07, 6.45) is 10.0. The van der Waals surface area contributed by atoms with Gasteiger partial charge in [0.2, 0.25) is 0 Å². The van der Waals surface area contributed by atoms with Crippen LogP contribution in [0.5, 0.6) is 5.75 Å². The highest BCUT2D eigenvalue weighted by atomic mass is 35.5. The highest BCUT2D eigenvalue weighted by Crippen LogP contribution is 2.39. The highest BCUT2D eigenvalue weighted by Gasteiger charge is 2.37. The molecule has 1 spiro atoms. The number of carboxylic acids is 1. The molecule has 0 aromatic heterocycles. The molecule has 1 aromatic carbocycles. The molecule has 0 radical (unpaired) electrons. The normalized spacial score (nSPS) is 21.8. The van der Waals surface area contributed by atoms with Crippen molar-refractivity contribution in [1.29, 1.82) is 0 Å². The second-order valence-electron chi connectivity index (χ2n) is 7.78. The summed E-state index contributed by atoms with van der Waals surface area (Å²) < 4.78 is 12.2. The fourth-order valence-electron chi connectivity index (χ4n) is 3.95. The minimum atomic E-state index is -0.833. The van der Waals surface area contributed by atoms with Gasteiger partial charge in [-0.15, -0.1) is 0 Å². The number of hydrogen-bond donors (Lipinski definition) is 1. The standard InChI is InChI=1S/C19H26ClNO2.C2H4O2/c20-17-7-6-16(23-15-4-3-5-15)14-18(17)21-11-9-19(10-12-21)8-1-2-13-22-19;1-2(3)4/h6-7,14-15H,1-5,8-13H2;1H3,(H,3,4). The number of anilines is 1. The second-order valence-corrected chi connectivity index (χ2v) is 8.19. The molecule has 1 aromatic rings. The summed E-state index contributed by atoms with van der Waals surface area (Å²) in [5, 5.41) is 8.24. The summed E-state index contributed by atoms with van der Waals surface area (Å²) in [6, 6.07) is 6.10. The first-order chi connectivity index (χ1) is 13.0. The zero-order valence-corrected chi connectivity index (χ0v) is 16.8. The van der Waals surface area contributed by atoms with E-state index in [2.05, 4.69) is 11.0 Å². The van der Waals surface area contributed by atoms with E-state index >= 15 is 0 Å². The van der Waals surface area contributed by atoms with E-state index in [1.807, 2.05) is 12.1 Å². The van der Waals surface area contributed by atoms with Crippen molar-refractivity contribution in [1.82, 2.24) is 0 Å². The number of carboxylic acid groups (broad SMARTS) is 1. The van der Waals surface area contributed by atoms with Crippen molar-refractivity contribution in [3.05, 3.63) is 23.2 Å². The van der Waals surface area contributed by atoms with Crippen molar-refractivity contribution in [2.75, 3.05) is 24.6 Å². The Labute approximate surface area is 166 Å². The molecule has 0 amide bonds. The van der Waals surface area contributed by atoms with E-state index in [1.165, 1.54) is 38.5 Å². The van der Waals surface area contributed by atoms with Crippen molar-refractivity contribution in [3.63, 3.8) is 0 Å². The molecule has 6 heteroatoms. The number of piperidine rings is 1. The Bertz CT molecular complexity index is 627. The predicted molar refractivity (Wildman–Crippen MR) is 107 cm³/mol. The minimum absolute atomic E-state index is 0.140. The average molecular weight is 396 g/mol. The van der Waals surface area contributed by atoms with Gasteiger partial charge >= 0.3 is 0 Å². The van der Waals surface area contributed by atoms with Crippen molar-refractivity contribution in [2.24, 2.45) is 0 Å². The van der Waals surface area contributed by atoms with Crippen molar-refractivity contribution in [2.45, 2.75) is 70.0 Å². The largest absolute Gasteiger partial charge is 0.490 e. The lowest BCUT2D eigenvalue weighted by atomic mass is 9.84. The monoisotopic (exact) mass is 395 g/mol. The number of nitrogens with zero attached hydrogens (tertiary/aromatic N) is 1. The number of rotatable bonds is 3. The molecule has 2 saturated heterocycles. The van der Waals surface area contributed by atoms with Gasteiger partial charge < -0.3 is 19.5 Å². The fourth-order valence-corrected chi connectivity index (χ4v) is 4.19. The summed E-state index contributed by atoms with van der Waals surface area (Å²) in [5.74, 6) is 0.128. The van der Waals surface area contributed by atoms with Crippen LogP contribution in [0.2, 0.25) is 5.02 Å². The number of benzene rings is 1. The number of halogens is 1. The van der Waals surface area contributed by atoms with Gasteiger partial charge in [0.15, 0.2) is 0 Å². The molecule has 0 bridgehead atoms. The predicted octanol–water partition coefficient (Wildman–Crippen LogP) is 4.90. The molecule has 1 aliphatic carbocycles. The molecule has 0 atom stereocenters. The third-order valence-electron chi connectivity index (χ3n) is 5.72. The summed E-state index contributed by atoms with van der Waals surface area (Å²) in [7, 11) is 0. The fraction of sp³-hybridized carbons (Fsp3) is 0.667. The van der Waals surface area contributed by atoms with Crippen LogP contribution < -0.4 is 9.64 Å². The van der Waals surface area contributed by atoms with E-state index in [0.717, 1.165) is 55.9 Å². The first-order valence-corrected chi connectivity index (χ1v) is 10.4. The lowest BCUT2D eigenvalue weighted by Crippen LogP contribution is -2.47. The maximum atomic E-state index is 9.00. The van der Waals surface area contributed by atoms with E-state index in [-0.39, 0.29) is 5.60 Å². The van der Waals surface area contributed by atoms with Gasteiger partial charge in [0, 0.05) is 32.7 Å². The second kappa shape index (κ2) is 9.16. The molecule has 4 rings (SSSR count). The van der Waals surface area contributed by atoms with Crippen LogP contribution in [0.15, 0.2) is 18.2 Å². The first kappa shape index (κ1) is 20.3. The van der Waals surface area contributed by atoms with E-state index in [9.17, 15) is 0 Å². The van der Waals surface area contributed by atoms with Crippen LogP contribution in [0, 0.1) is 0 Å². The number of ether oxygens (including phenoxy) is 2. The van der Waals surface area contributed by atoms with Crippen molar-refractivity contribution < 1.29 is 19.4 Å². The van der Waals surface area contributed by atoms with E-state index < -0.39 is 5.97 Å². The SMILES string of the molecule is CC(=O)O.Clc1ccc(OC2CCC2)cc1N1CCC2(CCCCO2)CC1. The quantitative estimate of drug-likeness (QED) is 0.788. The van der Waals surface area contributed by atoms with E-state index in [1.54, 1.807) is 0 Å². The summed E-state index contributed by atoms with van der Waals surface area (Å²) in [4.78, 5) is 11.4. The van der Waals surface area contributed by atoms with Crippen LogP contribution in [0.3, 0.4) is 0 Å². The molecule has 1 N–H and O–H groups in total. The van der Waals surface area contributed by atoms with Crippen LogP contribution in [0.1, 0.15) is 58.3 Å². The van der Waals surface area contributed by atoms with Gasteiger partial charge in [-0.1, -0.05) is 11.6 Å². The zero-order chi connectivity index (χ0) is 19.3. The van der Waals surface area contributed by atoms with Crippen LogP contribution in [0.4, 0.5) is 5.69 Å². The maximum absolute atomic E-state index is 9.00. The molecular formula is C21H30ClNO4. The maximum Gasteiger partial charge on any atom is 0.300 e. The van der Waals surface area contributed by atoms with Gasteiger partial charge in [-0.05, 0) is 63.5 Å². The number of carbonyl (C=O) groups is 1. The van der Waals surface area contributed by atoms with E-state index in [4.69, 9.17) is 31.0 Å². The molecule has 3 fully saturated rings. The first-order valence-electron chi connectivity index (χ1n) is 10.0. The Kier molecular flexibility index (Phi) is 6.88. The van der Waals surface area contributed by atoms with Gasteiger partial charge in [0.05, 0.1) is 22.4 Å². The zero-order valence-electron chi connectivity index (χ0n) is 16.1. The Balaban J connectivity index is 0.000000481.